The Morgan fingerprint density at radius 3 is 2.59 bits per heavy atom. The van der Waals surface area contributed by atoms with Gasteiger partial charge in [-0.3, -0.25) is 9.59 Å². The molecule has 1 aliphatic heterocycles. The number of rotatable bonds is 4. The van der Waals surface area contributed by atoms with Crippen LogP contribution in [0.5, 0.6) is 17.2 Å². The van der Waals surface area contributed by atoms with E-state index in [1.807, 2.05) is 13.0 Å². The molecule has 4 rings (SSSR count). The number of carbonyl (C=O) groups excluding carboxylic acids is 1. The predicted octanol–water partition coefficient (Wildman–Crippen LogP) is 4.42. The number of aryl methyl sites for hydroxylation is 2. The summed E-state index contributed by atoms with van der Waals surface area (Å²) in [7, 11) is 0. The Morgan fingerprint density at radius 2 is 1.86 bits per heavy atom. The van der Waals surface area contributed by atoms with Crippen molar-refractivity contribution in [1.29, 1.82) is 0 Å². The van der Waals surface area contributed by atoms with Crippen molar-refractivity contribution >= 4 is 16.9 Å². The van der Waals surface area contributed by atoms with E-state index in [4.69, 9.17) is 18.6 Å². The zero-order valence-corrected chi connectivity index (χ0v) is 16.7. The second kappa shape index (κ2) is 7.62. The van der Waals surface area contributed by atoms with E-state index in [0.29, 0.717) is 64.7 Å². The number of hydrogen-bond donors (Lipinski definition) is 0. The van der Waals surface area contributed by atoms with Crippen molar-refractivity contribution in [3.05, 3.63) is 51.9 Å². The Kier molecular flexibility index (Phi) is 5.01. The lowest BCUT2D eigenvalue weighted by Gasteiger charge is -2.19. The van der Waals surface area contributed by atoms with Crippen molar-refractivity contribution in [2.75, 3.05) is 13.2 Å². The van der Waals surface area contributed by atoms with Crippen LogP contribution in [-0.4, -0.2) is 19.2 Å². The van der Waals surface area contributed by atoms with Crippen molar-refractivity contribution in [2.24, 2.45) is 0 Å². The molecule has 0 saturated heterocycles. The summed E-state index contributed by atoms with van der Waals surface area (Å²) in [5.41, 5.74) is 2.26. The monoisotopic (exact) mass is 394 g/mol. The lowest BCUT2D eigenvalue weighted by atomic mass is 9.99. The molecule has 6 heteroatoms. The van der Waals surface area contributed by atoms with Gasteiger partial charge in [0, 0.05) is 13.0 Å². The van der Waals surface area contributed by atoms with Crippen LogP contribution in [0.3, 0.4) is 0 Å². The molecule has 0 N–H and O–H groups in total. The summed E-state index contributed by atoms with van der Waals surface area (Å²) in [5, 5.41) is 0.458. The molecular weight excluding hydrogens is 372 g/mol. The van der Waals surface area contributed by atoms with E-state index in [2.05, 4.69) is 0 Å². The average Bonchev–Trinajstić information content (AvgIpc) is 2.69. The molecule has 0 fully saturated rings. The molecule has 0 spiro atoms. The summed E-state index contributed by atoms with van der Waals surface area (Å²) < 4.78 is 22.5. The van der Waals surface area contributed by atoms with Crippen molar-refractivity contribution < 1.29 is 23.4 Å². The molecule has 150 valence electrons. The van der Waals surface area contributed by atoms with Crippen LogP contribution in [0.2, 0.25) is 0 Å². The molecule has 0 atom stereocenters. The first-order chi connectivity index (χ1) is 14.0. The van der Waals surface area contributed by atoms with E-state index in [9.17, 15) is 9.59 Å². The van der Waals surface area contributed by atoms with Gasteiger partial charge in [0.1, 0.15) is 30.3 Å². The summed E-state index contributed by atoms with van der Waals surface area (Å²) in [6, 6.07) is 8.84. The standard InChI is InChI=1S/C23H22O6/c1-4-5-15-10-17-20(12-19(15)29-14(3)24)28-13(2)22(23(17)25)16-6-7-18-21(11-16)27-9-8-26-18/h6-7,10-12H,4-5,8-9H2,1-3H3. The van der Waals surface area contributed by atoms with Crippen LogP contribution in [0, 0.1) is 6.92 Å². The van der Waals surface area contributed by atoms with Crippen molar-refractivity contribution in [2.45, 2.75) is 33.6 Å². The second-order valence-corrected chi connectivity index (χ2v) is 7.02. The van der Waals surface area contributed by atoms with E-state index in [1.165, 1.54) is 6.92 Å². The number of carbonyl (C=O) groups is 1. The van der Waals surface area contributed by atoms with Gasteiger partial charge in [-0.2, -0.15) is 0 Å². The van der Waals surface area contributed by atoms with Crippen LogP contribution < -0.4 is 19.6 Å². The molecule has 0 saturated carbocycles. The van der Waals surface area contributed by atoms with Gasteiger partial charge in [0.05, 0.1) is 10.9 Å². The molecule has 0 amide bonds. The molecule has 1 aliphatic rings. The fourth-order valence-electron chi connectivity index (χ4n) is 3.63. The first kappa shape index (κ1) is 19.1. The van der Waals surface area contributed by atoms with Gasteiger partial charge in [-0.05, 0) is 42.7 Å². The van der Waals surface area contributed by atoms with Crippen molar-refractivity contribution in [1.82, 2.24) is 0 Å². The highest BCUT2D eigenvalue weighted by Crippen LogP contribution is 2.36. The highest BCUT2D eigenvalue weighted by Gasteiger charge is 2.19. The minimum Gasteiger partial charge on any atom is -0.486 e. The van der Waals surface area contributed by atoms with E-state index >= 15 is 0 Å². The minimum atomic E-state index is -0.409. The van der Waals surface area contributed by atoms with Crippen LogP contribution in [0.4, 0.5) is 0 Å². The Bertz CT molecular complexity index is 1160. The zero-order chi connectivity index (χ0) is 20.5. The first-order valence-corrected chi connectivity index (χ1v) is 9.66. The predicted molar refractivity (Wildman–Crippen MR) is 109 cm³/mol. The molecule has 2 aromatic carbocycles. The maximum Gasteiger partial charge on any atom is 0.308 e. The van der Waals surface area contributed by atoms with Crippen LogP contribution >= 0.6 is 0 Å². The average molecular weight is 394 g/mol. The highest BCUT2D eigenvalue weighted by atomic mass is 16.6. The van der Waals surface area contributed by atoms with Gasteiger partial charge >= 0.3 is 5.97 Å². The molecule has 2 heterocycles. The molecule has 1 aromatic heterocycles. The maximum atomic E-state index is 13.4. The number of benzene rings is 2. The highest BCUT2D eigenvalue weighted by molar-refractivity contribution is 5.86. The largest absolute Gasteiger partial charge is 0.486 e. The first-order valence-electron chi connectivity index (χ1n) is 9.66. The van der Waals surface area contributed by atoms with Crippen LogP contribution in [-0.2, 0) is 11.2 Å². The van der Waals surface area contributed by atoms with Gasteiger partial charge in [0.15, 0.2) is 11.5 Å². The Hall–Kier alpha value is -3.28. The fraction of sp³-hybridized carbons (Fsp3) is 0.304. The van der Waals surface area contributed by atoms with Crippen molar-refractivity contribution in [3.63, 3.8) is 0 Å². The Morgan fingerprint density at radius 1 is 1.10 bits per heavy atom. The quantitative estimate of drug-likeness (QED) is 0.482. The lowest BCUT2D eigenvalue weighted by Crippen LogP contribution is -2.15. The number of hydrogen-bond acceptors (Lipinski definition) is 6. The van der Waals surface area contributed by atoms with Crippen LogP contribution in [0.25, 0.3) is 22.1 Å². The molecule has 0 unspecified atom stereocenters. The van der Waals surface area contributed by atoms with Gasteiger partial charge in [-0.1, -0.05) is 19.4 Å². The van der Waals surface area contributed by atoms with Gasteiger partial charge < -0.3 is 18.6 Å². The fourth-order valence-corrected chi connectivity index (χ4v) is 3.63. The molecule has 3 aromatic rings. The molecular formula is C23H22O6. The molecule has 0 aliphatic carbocycles. The van der Waals surface area contributed by atoms with Gasteiger partial charge in [-0.15, -0.1) is 0 Å². The molecule has 29 heavy (non-hydrogen) atoms. The summed E-state index contributed by atoms with van der Waals surface area (Å²) in [6.07, 6.45) is 1.54. The van der Waals surface area contributed by atoms with Crippen molar-refractivity contribution in [3.8, 4) is 28.4 Å². The topological polar surface area (TPSA) is 75.0 Å². The summed E-state index contributed by atoms with van der Waals surface area (Å²) >= 11 is 0. The van der Waals surface area contributed by atoms with Gasteiger partial charge in [0.25, 0.3) is 0 Å². The normalized spacial score (nSPS) is 12.8. The van der Waals surface area contributed by atoms with E-state index in [1.54, 1.807) is 31.2 Å². The second-order valence-electron chi connectivity index (χ2n) is 7.02. The Balaban J connectivity index is 1.90. The maximum absolute atomic E-state index is 13.4. The zero-order valence-electron chi connectivity index (χ0n) is 16.7. The van der Waals surface area contributed by atoms with Gasteiger partial charge in [0.2, 0.25) is 5.43 Å². The third kappa shape index (κ3) is 3.58. The molecule has 6 nitrogen and oxygen atoms in total. The van der Waals surface area contributed by atoms with Crippen LogP contribution in [0.15, 0.2) is 39.5 Å². The third-order valence-corrected chi connectivity index (χ3v) is 4.85. The third-order valence-electron chi connectivity index (χ3n) is 4.85. The summed E-state index contributed by atoms with van der Waals surface area (Å²) in [4.78, 5) is 24.8. The van der Waals surface area contributed by atoms with E-state index in [0.717, 1.165) is 12.0 Å². The number of esters is 1. The molecule has 0 radical (unpaired) electrons. The minimum absolute atomic E-state index is 0.132. The smallest absolute Gasteiger partial charge is 0.308 e. The van der Waals surface area contributed by atoms with E-state index < -0.39 is 5.97 Å². The van der Waals surface area contributed by atoms with Gasteiger partial charge in [-0.25, -0.2) is 0 Å². The molecule has 0 bridgehead atoms. The SMILES string of the molecule is CCCc1cc2c(=O)c(-c3ccc4c(c3)OCCO4)c(C)oc2cc1OC(C)=O. The lowest BCUT2D eigenvalue weighted by molar-refractivity contribution is -0.131. The summed E-state index contributed by atoms with van der Waals surface area (Å²) in [6.45, 7) is 6.11. The Labute approximate surface area is 168 Å². The number of fused-ring (bicyclic) bond motifs is 2. The number of ether oxygens (including phenoxy) is 3. The van der Waals surface area contributed by atoms with Crippen LogP contribution in [0.1, 0.15) is 31.6 Å². The summed E-state index contributed by atoms with van der Waals surface area (Å²) in [5.74, 6) is 1.79. The van der Waals surface area contributed by atoms with E-state index in [-0.39, 0.29) is 5.43 Å².